The smallest absolute Gasteiger partial charge is 0.151 e. The first kappa shape index (κ1) is 9.19. The average Bonchev–Trinajstić information content (AvgIpc) is 2.24. The van der Waals surface area contributed by atoms with E-state index in [4.69, 9.17) is 0 Å². The standard InChI is InChI=1S/C9H14O3S/c10-6-9(8-2-1-3-8)4-5-13(11,12)7-9/h6,8H,1-5,7H2. The Kier molecular flexibility index (Phi) is 1.98. The molecule has 0 aromatic rings. The minimum atomic E-state index is -2.92. The molecule has 0 bridgehead atoms. The van der Waals surface area contributed by atoms with Crippen molar-refractivity contribution in [2.24, 2.45) is 11.3 Å². The summed E-state index contributed by atoms with van der Waals surface area (Å²) in [4.78, 5) is 11.0. The Morgan fingerprint density at radius 1 is 1.31 bits per heavy atom. The van der Waals surface area contributed by atoms with Crippen LogP contribution in [0.4, 0.5) is 0 Å². The molecule has 0 spiro atoms. The van der Waals surface area contributed by atoms with Crippen molar-refractivity contribution in [1.29, 1.82) is 0 Å². The monoisotopic (exact) mass is 202 g/mol. The molecule has 1 aliphatic heterocycles. The Labute approximate surface area is 78.4 Å². The Balaban J connectivity index is 2.22. The molecule has 1 aliphatic carbocycles. The van der Waals surface area contributed by atoms with Crippen LogP contribution in [0.1, 0.15) is 25.7 Å². The average molecular weight is 202 g/mol. The highest BCUT2D eigenvalue weighted by molar-refractivity contribution is 7.91. The van der Waals surface area contributed by atoms with Gasteiger partial charge < -0.3 is 4.79 Å². The molecule has 3 nitrogen and oxygen atoms in total. The predicted octanol–water partition coefficient (Wildman–Crippen LogP) is 0.790. The summed E-state index contributed by atoms with van der Waals surface area (Å²) in [6.07, 6.45) is 4.69. The van der Waals surface area contributed by atoms with E-state index in [-0.39, 0.29) is 11.5 Å². The quantitative estimate of drug-likeness (QED) is 0.622. The second-order valence-corrected chi connectivity index (χ2v) is 6.50. The van der Waals surface area contributed by atoms with Gasteiger partial charge in [0.2, 0.25) is 0 Å². The Morgan fingerprint density at radius 3 is 2.31 bits per heavy atom. The fraction of sp³-hybridized carbons (Fsp3) is 0.889. The number of hydrogen-bond acceptors (Lipinski definition) is 3. The van der Waals surface area contributed by atoms with Gasteiger partial charge in [0.25, 0.3) is 0 Å². The number of carbonyl (C=O) groups excluding carboxylic acids is 1. The molecule has 13 heavy (non-hydrogen) atoms. The Bertz CT molecular complexity index is 316. The predicted molar refractivity (Wildman–Crippen MR) is 49.1 cm³/mol. The van der Waals surface area contributed by atoms with Crippen molar-refractivity contribution in [1.82, 2.24) is 0 Å². The van der Waals surface area contributed by atoms with Crippen LogP contribution in [-0.2, 0) is 14.6 Å². The fourth-order valence-electron chi connectivity index (χ4n) is 2.39. The lowest BCUT2D eigenvalue weighted by molar-refractivity contribution is -0.119. The van der Waals surface area contributed by atoms with Crippen LogP contribution in [0.5, 0.6) is 0 Å². The summed E-state index contributed by atoms with van der Waals surface area (Å²) in [6, 6.07) is 0. The molecular formula is C9H14O3S. The van der Waals surface area contributed by atoms with Crippen LogP contribution < -0.4 is 0 Å². The molecule has 0 radical (unpaired) electrons. The van der Waals surface area contributed by atoms with Crippen LogP contribution in [0.15, 0.2) is 0 Å². The maximum Gasteiger partial charge on any atom is 0.151 e. The molecule has 2 fully saturated rings. The lowest BCUT2D eigenvalue weighted by Gasteiger charge is -2.37. The van der Waals surface area contributed by atoms with Crippen molar-refractivity contribution in [3.05, 3.63) is 0 Å². The van der Waals surface area contributed by atoms with Crippen LogP contribution in [0.2, 0.25) is 0 Å². The van der Waals surface area contributed by atoms with Gasteiger partial charge in [-0.1, -0.05) is 6.42 Å². The van der Waals surface area contributed by atoms with Crippen molar-refractivity contribution in [2.45, 2.75) is 25.7 Å². The SMILES string of the molecule is O=CC1(C2CCC2)CCS(=O)(=O)C1. The van der Waals surface area contributed by atoms with Crippen molar-refractivity contribution >= 4 is 16.1 Å². The summed E-state index contributed by atoms with van der Waals surface area (Å²) < 4.78 is 22.6. The van der Waals surface area contributed by atoms with Crippen LogP contribution in [0, 0.1) is 11.3 Å². The van der Waals surface area contributed by atoms with Gasteiger partial charge in [-0.15, -0.1) is 0 Å². The Hall–Kier alpha value is -0.380. The van der Waals surface area contributed by atoms with E-state index < -0.39 is 15.3 Å². The molecule has 1 saturated carbocycles. The Morgan fingerprint density at radius 2 is 2.00 bits per heavy atom. The first-order valence-electron chi connectivity index (χ1n) is 4.75. The number of sulfone groups is 1. The van der Waals surface area contributed by atoms with Crippen molar-refractivity contribution < 1.29 is 13.2 Å². The number of rotatable bonds is 2. The minimum Gasteiger partial charge on any atom is -0.303 e. The second kappa shape index (κ2) is 2.80. The third-order valence-electron chi connectivity index (χ3n) is 3.52. The molecule has 1 unspecified atom stereocenters. The van der Waals surface area contributed by atoms with E-state index in [2.05, 4.69) is 0 Å². The van der Waals surface area contributed by atoms with Crippen LogP contribution in [0.25, 0.3) is 0 Å². The molecule has 2 rings (SSSR count). The number of carbonyl (C=O) groups is 1. The van der Waals surface area contributed by atoms with Gasteiger partial charge >= 0.3 is 0 Å². The molecule has 0 N–H and O–H groups in total. The lowest BCUT2D eigenvalue weighted by Crippen LogP contribution is -2.37. The van der Waals surface area contributed by atoms with Gasteiger partial charge in [0.05, 0.1) is 11.5 Å². The molecule has 0 aromatic carbocycles. The molecule has 0 amide bonds. The third-order valence-corrected chi connectivity index (χ3v) is 5.32. The van der Waals surface area contributed by atoms with Gasteiger partial charge in [-0.25, -0.2) is 8.42 Å². The van der Waals surface area contributed by atoms with Crippen molar-refractivity contribution in [2.75, 3.05) is 11.5 Å². The van der Waals surface area contributed by atoms with E-state index in [1.807, 2.05) is 0 Å². The van der Waals surface area contributed by atoms with Crippen LogP contribution >= 0.6 is 0 Å². The highest BCUT2D eigenvalue weighted by Crippen LogP contribution is 2.47. The topological polar surface area (TPSA) is 51.2 Å². The maximum absolute atomic E-state index is 11.3. The summed E-state index contributed by atoms with van der Waals surface area (Å²) in [5.74, 6) is 0.665. The summed E-state index contributed by atoms with van der Waals surface area (Å²) in [5, 5.41) is 0. The van der Waals surface area contributed by atoms with Gasteiger partial charge in [-0.05, 0) is 25.2 Å². The fourth-order valence-corrected chi connectivity index (χ4v) is 4.50. The van der Waals surface area contributed by atoms with Gasteiger partial charge in [0.1, 0.15) is 6.29 Å². The zero-order valence-corrected chi connectivity index (χ0v) is 8.35. The minimum absolute atomic E-state index is 0.105. The zero-order chi connectivity index (χ0) is 9.53. The van der Waals surface area contributed by atoms with Gasteiger partial charge in [-0.2, -0.15) is 0 Å². The maximum atomic E-state index is 11.3. The molecule has 1 saturated heterocycles. The molecule has 1 heterocycles. The first-order valence-corrected chi connectivity index (χ1v) is 6.57. The summed E-state index contributed by atoms with van der Waals surface area (Å²) in [6.45, 7) is 0. The van der Waals surface area contributed by atoms with E-state index in [9.17, 15) is 13.2 Å². The van der Waals surface area contributed by atoms with E-state index in [1.54, 1.807) is 0 Å². The third kappa shape index (κ3) is 1.41. The first-order chi connectivity index (χ1) is 6.08. The summed E-state index contributed by atoms with van der Waals surface area (Å²) in [7, 11) is -2.92. The summed E-state index contributed by atoms with van der Waals surface area (Å²) >= 11 is 0. The lowest BCUT2D eigenvalue weighted by atomic mass is 9.66. The zero-order valence-electron chi connectivity index (χ0n) is 7.53. The molecule has 4 heteroatoms. The van der Waals surface area contributed by atoms with Gasteiger partial charge in [0, 0.05) is 5.41 Å². The normalized spacial score (nSPS) is 38.5. The number of aldehydes is 1. The van der Waals surface area contributed by atoms with Crippen LogP contribution in [-0.4, -0.2) is 26.2 Å². The molecule has 0 aromatic heterocycles. The number of hydrogen-bond donors (Lipinski definition) is 0. The highest BCUT2D eigenvalue weighted by Gasteiger charge is 2.49. The molecule has 74 valence electrons. The van der Waals surface area contributed by atoms with Crippen molar-refractivity contribution in [3.63, 3.8) is 0 Å². The molecular weight excluding hydrogens is 188 g/mol. The van der Waals surface area contributed by atoms with Gasteiger partial charge in [-0.3, -0.25) is 0 Å². The van der Waals surface area contributed by atoms with E-state index in [0.29, 0.717) is 12.3 Å². The van der Waals surface area contributed by atoms with Crippen molar-refractivity contribution in [3.8, 4) is 0 Å². The van der Waals surface area contributed by atoms with E-state index in [0.717, 1.165) is 25.5 Å². The van der Waals surface area contributed by atoms with Crippen LogP contribution in [0.3, 0.4) is 0 Å². The van der Waals surface area contributed by atoms with Gasteiger partial charge in [0.15, 0.2) is 9.84 Å². The highest BCUT2D eigenvalue weighted by atomic mass is 32.2. The van der Waals surface area contributed by atoms with E-state index >= 15 is 0 Å². The second-order valence-electron chi connectivity index (χ2n) is 4.32. The molecule has 1 atom stereocenters. The van der Waals surface area contributed by atoms with E-state index in [1.165, 1.54) is 0 Å². The molecule has 2 aliphatic rings. The summed E-state index contributed by atoms with van der Waals surface area (Å²) in [5.41, 5.74) is -0.503. The largest absolute Gasteiger partial charge is 0.303 e.